The molecule has 0 bridgehead atoms. The summed E-state index contributed by atoms with van der Waals surface area (Å²) in [6.07, 6.45) is 1.54. The molecule has 1 heterocycles. The monoisotopic (exact) mass is 333 g/mol. The maximum Gasteiger partial charge on any atom is 0.226 e. The van der Waals surface area contributed by atoms with Crippen molar-refractivity contribution < 1.29 is 9.53 Å². The van der Waals surface area contributed by atoms with Gasteiger partial charge in [0.05, 0.1) is 6.42 Å². The molecule has 1 aliphatic rings. The molecule has 1 amide bonds. The first-order valence-electron chi connectivity index (χ1n) is 8.71. The van der Waals surface area contributed by atoms with Gasteiger partial charge in [0, 0.05) is 25.7 Å². The quantitative estimate of drug-likeness (QED) is 0.826. The minimum absolute atomic E-state index is 0.143. The minimum Gasteiger partial charge on any atom is -0.492 e. The van der Waals surface area contributed by atoms with Crippen LogP contribution in [0.25, 0.3) is 0 Å². The van der Waals surface area contributed by atoms with E-state index in [0.717, 1.165) is 30.8 Å². The lowest BCUT2D eigenvalue weighted by molar-refractivity contribution is -0.130. The Hall–Kier alpha value is -1.59. The smallest absolute Gasteiger partial charge is 0.226 e. The lowest BCUT2D eigenvalue weighted by Gasteiger charge is -2.35. The maximum atomic E-state index is 12.6. The Morgan fingerprint density at radius 1 is 1.46 bits per heavy atom. The maximum absolute atomic E-state index is 12.6. The van der Waals surface area contributed by atoms with Crippen LogP contribution < -0.4 is 10.5 Å². The van der Waals surface area contributed by atoms with E-state index >= 15 is 0 Å². The summed E-state index contributed by atoms with van der Waals surface area (Å²) in [4.78, 5) is 16.8. The van der Waals surface area contributed by atoms with E-state index in [2.05, 4.69) is 25.8 Å². The number of likely N-dealkylation sites (tertiary alicyclic amines) is 1. The van der Waals surface area contributed by atoms with Gasteiger partial charge in [-0.25, -0.2) is 0 Å². The van der Waals surface area contributed by atoms with E-state index in [1.807, 2.05) is 36.2 Å². The molecule has 24 heavy (non-hydrogen) atoms. The summed E-state index contributed by atoms with van der Waals surface area (Å²) in [6, 6.07) is 7.71. The van der Waals surface area contributed by atoms with Crippen LogP contribution in [0.2, 0.25) is 0 Å². The average molecular weight is 333 g/mol. The molecule has 0 saturated carbocycles. The van der Waals surface area contributed by atoms with Crippen molar-refractivity contribution in [1.29, 1.82) is 0 Å². The van der Waals surface area contributed by atoms with Crippen LogP contribution in [0, 0.1) is 5.92 Å². The van der Waals surface area contributed by atoms with Gasteiger partial charge in [0.15, 0.2) is 0 Å². The fourth-order valence-corrected chi connectivity index (χ4v) is 3.28. The third kappa shape index (κ3) is 4.48. The first-order chi connectivity index (χ1) is 11.3. The molecule has 1 aromatic rings. The molecule has 0 aliphatic carbocycles. The van der Waals surface area contributed by atoms with Gasteiger partial charge in [-0.2, -0.15) is 0 Å². The zero-order valence-electron chi connectivity index (χ0n) is 15.4. The van der Waals surface area contributed by atoms with E-state index in [1.54, 1.807) is 0 Å². The number of likely N-dealkylation sites (N-methyl/N-ethyl adjacent to an activating group) is 1. The number of benzene rings is 1. The molecule has 1 atom stereocenters. The van der Waals surface area contributed by atoms with Crippen LogP contribution in [0.1, 0.15) is 25.8 Å². The van der Waals surface area contributed by atoms with Gasteiger partial charge in [-0.1, -0.05) is 12.1 Å². The topological polar surface area (TPSA) is 58.8 Å². The number of amides is 1. The van der Waals surface area contributed by atoms with Crippen molar-refractivity contribution in [2.24, 2.45) is 11.7 Å². The van der Waals surface area contributed by atoms with Crippen molar-refractivity contribution in [3.8, 4) is 5.75 Å². The number of carbonyl (C=O) groups is 1. The van der Waals surface area contributed by atoms with Crippen molar-refractivity contribution in [2.45, 2.75) is 32.2 Å². The average Bonchev–Trinajstić information content (AvgIpc) is 2.80. The largest absolute Gasteiger partial charge is 0.492 e. The molecule has 2 rings (SSSR count). The van der Waals surface area contributed by atoms with Crippen LogP contribution in [0.3, 0.4) is 0 Å². The molecule has 1 aromatic carbocycles. The Morgan fingerprint density at radius 3 is 2.83 bits per heavy atom. The molecule has 1 fully saturated rings. The lowest BCUT2D eigenvalue weighted by Crippen LogP contribution is -2.45. The van der Waals surface area contributed by atoms with Gasteiger partial charge in [0.1, 0.15) is 12.4 Å². The predicted molar refractivity (Wildman–Crippen MR) is 97.1 cm³/mol. The van der Waals surface area contributed by atoms with Crippen molar-refractivity contribution in [3.63, 3.8) is 0 Å². The lowest BCUT2D eigenvalue weighted by atomic mass is 9.88. The summed E-state index contributed by atoms with van der Waals surface area (Å²) in [6.45, 7) is 7.40. The summed E-state index contributed by atoms with van der Waals surface area (Å²) in [5, 5.41) is 0. The van der Waals surface area contributed by atoms with E-state index in [9.17, 15) is 4.79 Å². The van der Waals surface area contributed by atoms with Crippen LogP contribution in [0.5, 0.6) is 5.75 Å². The number of carbonyl (C=O) groups excluding carboxylic acids is 1. The fraction of sp³-hybridized carbons (Fsp3) is 0.632. The van der Waals surface area contributed by atoms with Crippen LogP contribution in [-0.2, 0) is 11.2 Å². The summed E-state index contributed by atoms with van der Waals surface area (Å²) in [5.41, 5.74) is 6.57. The number of hydrogen-bond acceptors (Lipinski definition) is 4. The normalized spacial score (nSPS) is 20.1. The summed E-state index contributed by atoms with van der Waals surface area (Å²) in [7, 11) is 4.07. The molecular weight excluding hydrogens is 302 g/mol. The Labute approximate surface area is 145 Å². The Bertz CT molecular complexity index is 559. The molecule has 134 valence electrons. The number of nitrogens with zero attached hydrogens (tertiary/aromatic N) is 2. The molecule has 0 radical (unpaired) electrons. The summed E-state index contributed by atoms with van der Waals surface area (Å²) < 4.78 is 5.53. The third-order valence-electron chi connectivity index (χ3n) is 5.36. The van der Waals surface area contributed by atoms with E-state index in [4.69, 9.17) is 10.5 Å². The highest BCUT2D eigenvalue weighted by atomic mass is 16.5. The molecule has 1 saturated heterocycles. The predicted octanol–water partition coefficient (Wildman–Crippen LogP) is 1.76. The summed E-state index contributed by atoms with van der Waals surface area (Å²) in [5.74, 6) is 1.43. The minimum atomic E-state index is 0.143. The second-order valence-corrected chi connectivity index (χ2v) is 7.30. The highest BCUT2D eigenvalue weighted by Gasteiger charge is 2.39. The van der Waals surface area contributed by atoms with E-state index < -0.39 is 0 Å². The highest BCUT2D eigenvalue weighted by Crippen LogP contribution is 2.33. The van der Waals surface area contributed by atoms with Gasteiger partial charge in [-0.15, -0.1) is 0 Å². The zero-order valence-corrected chi connectivity index (χ0v) is 15.4. The molecule has 5 nitrogen and oxygen atoms in total. The van der Waals surface area contributed by atoms with E-state index in [1.165, 1.54) is 0 Å². The van der Waals surface area contributed by atoms with Crippen LogP contribution in [-0.4, -0.2) is 61.6 Å². The number of nitrogens with two attached hydrogens (primary N) is 1. The molecule has 5 heteroatoms. The fourth-order valence-electron chi connectivity index (χ4n) is 3.28. The van der Waals surface area contributed by atoms with Gasteiger partial charge in [-0.3, -0.25) is 4.79 Å². The number of rotatable bonds is 7. The zero-order chi connectivity index (χ0) is 17.7. The third-order valence-corrected chi connectivity index (χ3v) is 5.36. The van der Waals surface area contributed by atoms with Crippen molar-refractivity contribution in [3.05, 3.63) is 29.8 Å². The second-order valence-electron chi connectivity index (χ2n) is 7.30. The van der Waals surface area contributed by atoms with Gasteiger partial charge in [0.2, 0.25) is 5.91 Å². The SMILES string of the molecule is CN(C[C@H]1CCN(C)C1(C)C)C(=O)Cc1cccc(OCCN)c1. The van der Waals surface area contributed by atoms with E-state index in [0.29, 0.717) is 25.5 Å². The van der Waals surface area contributed by atoms with Crippen molar-refractivity contribution in [1.82, 2.24) is 9.80 Å². The Morgan fingerprint density at radius 2 is 2.21 bits per heavy atom. The van der Waals surface area contributed by atoms with Crippen LogP contribution in [0.4, 0.5) is 0 Å². The van der Waals surface area contributed by atoms with Crippen LogP contribution in [0.15, 0.2) is 24.3 Å². The van der Waals surface area contributed by atoms with Gasteiger partial charge < -0.3 is 20.3 Å². The molecule has 0 unspecified atom stereocenters. The first-order valence-corrected chi connectivity index (χ1v) is 8.71. The molecular formula is C19H31N3O2. The van der Waals surface area contributed by atoms with Gasteiger partial charge in [-0.05, 0) is 57.5 Å². The molecule has 1 aliphatic heterocycles. The van der Waals surface area contributed by atoms with Crippen molar-refractivity contribution in [2.75, 3.05) is 40.3 Å². The molecule has 0 spiro atoms. The summed E-state index contributed by atoms with van der Waals surface area (Å²) >= 11 is 0. The highest BCUT2D eigenvalue weighted by molar-refractivity contribution is 5.78. The Balaban J connectivity index is 1.92. The first kappa shape index (κ1) is 18.7. The van der Waals surface area contributed by atoms with Gasteiger partial charge >= 0.3 is 0 Å². The standard InChI is InChI=1S/C19H31N3O2/c1-19(2)16(8-10-22(19)4)14-21(3)18(23)13-15-6-5-7-17(12-15)24-11-9-20/h5-7,12,16H,8-11,13-14,20H2,1-4H3/t16-/m1/s1. The Kier molecular flexibility index (Phi) is 6.24. The number of hydrogen-bond donors (Lipinski definition) is 1. The second kappa shape index (κ2) is 7.99. The van der Waals surface area contributed by atoms with Crippen molar-refractivity contribution >= 4 is 5.91 Å². The van der Waals surface area contributed by atoms with Gasteiger partial charge in [0.25, 0.3) is 0 Å². The molecule has 0 aromatic heterocycles. The van der Waals surface area contributed by atoms with Crippen LogP contribution >= 0.6 is 0 Å². The van der Waals surface area contributed by atoms with E-state index in [-0.39, 0.29) is 11.4 Å². The number of ether oxygens (including phenoxy) is 1. The molecule has 2 N–H and O–H groups in total.